The summed E-state index contributed by atoms with van der Waals surface area (Å²) in [5, 5.41) is 1.48. The highest BCUT2D eigenvalue weighted by Crippen LogP contribution is 2.39. The van der Waals surface area contributed by atoms with Crippen molar-refractivity contribution in [1.82, 2.24) is 9.55 Å². The van der Waals surface area contributed by atoms with Gasteiger partial charge in [0.1, 0.15) is 4.83 Å². The van der Waals surface area contributed by atoms with E-state index in [1.54, 1.807) is 11.3 Å². The van der Waals surface area contributed by atoms with Crippen molar-refractivity contribution in [2.24, 2.45) is 0 Å². The standard InChI is InChI=1S/C16H20N2O2S2/c1-5-7-18-14-12(13(19)17-15(18)21-4)10-9-20-16(3,6-2)8-11(10)22-14/h5H,1,6-9H2,2-4H3. The number of nitrogens with zero attached hydrogens (tertiary/aromatic N) is 2. The maximum Gasteiger partial charge on any atom is 0.282 e. The van der Waals surface area contributed by atoms with E-state index < -0.39 is 0 Å². The monoisotopic (exact) mass is 336 g/mol. The number of thioether (sulfide) groups is 1. The lowest BCUT2D eigenvalue weighted by Gasteiger charge is -2.32. The van der Waals surface area contributed by atoms with Gasteiger partial charge in [0, 0.05) is 23.4 Å². The minimum absolute atomic E-state index is 0.129. The number of ether oxygens (including phenoxy) is 1. The molecule has 6 heteroatoms. The van der Waals surface area contributed by atoms with Crippen LogP contribution in [0.4, 0.5) is 0 Å². The molecular formula is C16H20N2O2S2. The average Bonchev–Trinajstić information content (AvgIpc) is 2.88. The molecule has 118 valence electrons. The molecule has 2 aromatic heterocycles. The van der Waals surface area contributed by atoms with Crippen molar-refractivity contribution >= 4 is 33.3 Å². The molecule has 3 heterocycles. The second kappa shape index (κ2) is 5.83. The normalized spacial score (nSPS) is 21.0. The predicted octanol–water partition coefficient (Wildman–Crippen LogP) is 3.61. The van der Waals surface area contributed by atoms with Crippen molar-refractivity contribution in [3.63, 3.8) is 0 Å². The van der Waals surface area contributed by atoms with Gasteiger partial charge in [0.15, 0.2) is 5.16 Å². The first-order valence-corrected chi connectivity index (χ1v) is 9.41. The fourth-order valence-electron chi connectivity index (χ4n) is 2.80. The molecule has 0 N–H and O–H groups in total. The molecule has 22 heavy (non-hydrogen) atoms. The summed E-state index contributed by atoms with van der Waals surface area (Å²) in [5.41, 5.74) is 0.769. The fourth-order valence-corrected chi connectivity index (χ4v) is 4.90. The smallest absolute Gasteiger partial charge is 0.282 e. The average molecular weight is 336 g/mol. The highest BCUT2D eigenvalue weighted by atomic mass is 32.2. The van der Waals surface area contributed by atoms with Crippen molar-refractivity contribution in [2.75, 3.05) is 6.26 Å². The Morgan fingerprint density at radius 3 is 3.00 bits per heavy atom. The van der Waals surface area contributed by atoms with Crippen molar-refractivity contribution in [3.8, 4) is 0 Å². The van der Waals surface area contributed by atoms with Crippen LogP contribution in [0.5, 0.6) is 0 Å². The van der Waals surface area contributed by atoms with E-state index in [0.29, 0.717) is 13.2 Å². The molecule has 0 amide bonds. The molecule has 1 atom stereocenters. The molecule has 4 nitrogen and oxygen atoms in total. The molecule has 3 rings (SSSR count). The van der Waals surface area contributed by atoms with Crippen LogP contribution >= 0.6 is 23.1 Å². The molecule has 0 aliphatic carbocycles. The molecule has 1 unspecified atom stereocenters. The van der Waals surface area contributed by atoms with Crippen LogP contribution in [0.1, 0.15) is 30.7 Å². The molecule has 0 saturated heterocycles. The van der Waals surface area contributed by atoms with Crippen LogP contribution in [0.15, 0.2) is 22.6 Å². The second-order valence-corrected chi connectivity index (χ2v) is 7.61. The van der Waals surface area contributed by atoms with Gasteiger partial charge in [0.05, 0.1) is 17.6 Å². The van der Waals surface area contributed by atoms with Crippen LogP contribution in [0.2, 0.25) is 0 Å². The van der Waals surface area contributed by atoms with Gasteiger partial charge in [-0.1, -0.05) is 24.8 Å². The van der Waals surface area contributed by atoms with Crippen LogP contribution in [0, 0.1) is 0 Å². The highest BCUT2D eigenvalue weighted by molar-refractivity contribution is 7.98. The summed E-state index contributed by atoms with van der Waals surface area (Å²) in [7, 11) is 0. The van der Waals surface area contributed by atoms with Gasteiger partial charge in [0.25, 0.3) is 5.56 Å². The molecule has 1 aliphatic rings. The maximum absolute atomic E-state index is 12.5. The molecule has 0 saturated carbocycles. The largest absolute Gasteiger partial charge is 0.370 e. The van der Waals surface area contributed by atoms with E-state index in [4.69, 9.17) is 4.74 Å². The van der Waals surface area contributed by atoms with E-state index in [0.717, 1.165) is 33.8 Å². The van der Waals surface area contributed by atoms with E-state index in [9.17, 15) is 4.79 Å². The van der Waals surface area contributed by atoms with Crippen LogP contribution in [-0.2, 0) is 24.3 Å². The van der Waals surface area contributed by atoms with Gasteiger partial charge in [-0.25, -0.2) is 0 Å². The van der Waals surface area contributed by atoms with E-state index in [2.05, 4.69) is 30.0 Å². The minimum Gasteiger partial charge on any atom is -0.370 e. The van der Waals surface area contributed by atoms with Gasteiger partial charge < -0.3 is 9.30 Å². The molecule has 0 aromatic carbocycles. The summed E-state index contributed by atoms with van der Waals surface area (Å²) in [6.07, 6.45) is 5.61. The first-order chi connectivity index (χ1) is 10.5. The lowest BCUT2D eigenvalue weighted by molar-refractivity contribution is -0.0546. The summed E-state index contributed by atoms with van der Waals surface area (Å²) in [6.45, 7) is 9.27. The van der Waals surface area contributed by atoms with Gasteiger partial charge >= 0.3 is 0 Å². The number of hydrogen-bond acceptors (Lipinski definition) is 5. The van der Waals surface area contributed by atoms with Crippen molar-refractivity contribution < 1.29 is 4.74 Å². The zero-order chi connectivity index (χ0) is 15.9. The number of thiophene rings is 1. The molecule has 0 spiro atoms. The molecular weight excluding hydrogens is 316 g/mol. The van der Waals surface area contributed by atoms with E-state index in [1.165, 1.54) is 16.6 Å². The van der Waals surface area contributed by atoms with Crippen molar-refractivity contribution in [1.29, 1.82) is 0 Å². The zero-order valence-corrected chi connectivity index (χ0v) is 14.8. The van der Waals surface area contributed by atoms with Gasteiger partial charge in [0.2, 0.25) is 0 Å². The third-order valence-corrected chi connectivity index (χ3v) is 6.23. The molecule has 1 aliphatic heterocycles. The Kier molecular flexibility index (Phi) is 4.18. The molecule has 0 radical (unpaired) electrons. The number of hydrogen-bond donors (Lipinski definition) is 0. The lowest BCUT2D eigenvalue weighted by Crippen LogP contribution is -2.34. The fraction of sp³-hybridized carbons (Fsp3) is 0.500. The first kappa shape index (κ1) is 15.8. The Balaban J connectivity index is 2.27. The summed E-state index contributed by atoms with van der Waals surface area (Å²) in [4.78, 5) is 19.0. The third-order valence-electron chi connectivity index (χ3n) is 4.30. The van der Waals surface area contributed by atoms with Gasteiger partial charge in [-0.15, -0.1) is 17.9 Å². The number of fused-ring (bicyclic) bond motifs is 3. The third kappa shape index (κ3) is 2.43. The van der Waals surface area contributed by atoms with Crippen molar-refractivity contribution in [3.05, 3.63) is 33.4 Å². The maximum atomic E-state index is 12.5. The van der Waals surface area contributed by atoms with E-state index >= 15 is 0 Å². The van der Waals surface area contributed by atoms with Gasteiger partial charge in [-0.05, 0) is 19.6 Å². The predicted molar refractivity (Wildman–Crippen MR) is 93.0 cm³/mol. The number of aromatic nitrogens is 2. The number of rotatable bonds is 4. The Labute approximate surface area is 138 Å². The number of allylic oxidation sites excluding steroid dienone is 1. The SMILES string of the molecule is C=CCn1c(SC)nc(=O)c2c3c(sc21)CC(C)(CC)OC3. The van der Waals surface area contributed by atoms with Crippen LogP contribution in [0.25, 0.3) is 10.2 Å². The van der Waals surface area contributed by atoms with Crippen LogP contribution in [-0.4, -0.2) is 21.4 Å². The van der Waals surface area contributed by atoms with E-state index in [-0.39, 0.29) is 11.2 Å². The summed E-state index contributed by atoms with van der Waals surface area (Å²) in [6, 6.07) is 0. The summed E-state index contributed by atoms with van der Waals surface area (Å²) in [5.74, 6) is 0. The molecule has 2 aromatic rings. The van der Waals surface area contributed by atoms with E-state index in [1.807, 2.05) is 12.3 Å². The minimum atomic E-state index is -0.138. The Hall–Kier alpha value is -1.11. The van der Waals surface area contributed by atoms with Gasteiger partial charge in [-0.2, -0.15) is 4.98 Å². The highest BCUT2D eigenvalue weighted by Gasteiger charge is 2.33. The van der Waals surface area contributed by atoms with Crippen molar-refractivity contribution in [2.45, 2.75) is 50.6 Å². The Morgan fingerprint density at radius 1 is 1.59 bits per heavy atom. The Morgan fingerprint density at radius 2 is 2.36 bits per heavy atom. The topological polar surface area (TPSA) is 44.1 Å². The van der Waals surface area contributed by atoms with Crippen LogP contribution < -0.4 is 5.56 Å². The van der Waals surface area contributed by atoms with Gasteiger partial charge in [-0.3, -0.25) is 4.79 Å². The Bertz CT molecular complexity index is 794. The molecule has 0 fully saturated rings. The molecule has 0 bridgehead atoms. The lowest BCUT2D eigenvalue weighted by atomic mass is 9.93. The first-order valence-electron chi connectivity index (χ1n) is 7.37. The second-order valence-electron chi connectivity index (χ2n) is 5.76. The zero-order valence-electron chi connectivity index (χ0n) is 13.1. The summed E-state index contributed by atoms with van der Waals surface area (Å²) < 4.78 is 8.11. The summed E-state index contributed by atoms with van der Waals surface area (Å²) >= 11 is 3.20. The van der Waals surface area contributed by atoms with Crippen LogP contribution in [0.3, 0.4) is 0 Å². The quantitative estimate of drug-likeness (QED) is 0.486.